The second-order valence-electron chi connectivity index (χ2n) is 4.81. The van der Waals surface area contributed by atoms with Crippen molar-refractivity contribution in [1.29, 1.82) is 0 Å². The van der Waals surface area contributed by atoms with Gasteiger partial charge in [-0.2, -0.15) is 0 Å². The van der Waals surface area contributed by atoms with E-state index in [1.54, 1.807) is 12.1 Å². The molecule has 0 aromatic heterocycles. The molecule has 0 aliphatic carbocycles. The molecule has 0 amide bonds. The molecular weight excluding hydrogens is 352 g/mol. The van der Waals surface area contributed by atoms with E-state index < -0.39 is 16.8 Å². The topological polar surface area (TPSA) is 54.4 Å². The van der Waals surface area contributed by atoms with Crippen LogP contribution in [0.2, 0.25) is 0 Å². The number of hydrogen-bond acceptors (Lipinski definition) is 2. The van der Waals surface area contributed by atoms with E-state index in [0.29, 0.717) is 10.6 Å². The summed E-state index contributed by atoms with van der Waals surface area (Å²) in [5.74, 6) is -0.748. The summed E-state index contributed by atoms with van der Waals surface area (Å²) in [4.78, 5) is 11.6. The second kappa shape index (κ2) is 6.54. The van der Waals surface area contributed by atoms with Crippen LogP contribution in [-0.2, 0) is 16.6 Å². The van der Waals surface area contributed by atoms with E-state index in [9.17, 15) is 14.1 Å². The molecule has 0 bridgehead atoms. The molecule has 2 aromatic rings. The molecule has 1 unspecified atom stereocenters. The van der Waals surface area contributed by atoms with Crippen LogP contribution in [0.3, 0.4) is 0 Å². The summed E-state index contributed by atoms with van der Waals surface area (Å²) in [6.07, 6.45) is 0. The molecule has 0 fully saturated rings. The molecule has 1 atom stereocenters. The van der Waals surface area contributed by atoms with Crippen molar-refractivity contribution in [2.75, 3.05) is 0 Å². The lowest BCUT2D eigenvalue weighted by atomic mass is 10.1. The molecule has 110 valence electrons. The van der Waals surface area contributed by atoms with E-state index in [1.165, 1.54) is 6.07 Å². The van der Waals surface area contributed by atoms with Gasteiger partial charge in [-0.25, -0.2) is 4.79 Å². The van der Waals surface area contributed by atoms with Crippen LogP contribution in [0.4, 0.5) is 0 Å². The highest BCUT2D eigenvalue weighted by Crippen LogP contribution is 2.24. The van der Waals surface area contributed by atoms with Gasteiger partial charge in [0.25, 0.3) is 0 Å². The Labute approximate surface area is 134 Å². The third-order valence-electron chi connectivity index (χ3n) is 3.34. The second-order valence-corrected chi connectivity index (χ2v) is 7.14. The van der Waals surface area contributed by atoms with Gasteiger partial charge < -0.3 is 5.11 Å². The minimum atomic E-state index is -1.41. The lowest BCUT2D eigenvalue weighted by Crippen LogP contribution is -2.07. The largest absolute Gasteiger partial charge is 0.478 e. The van der Waals surface area contributed by atoms with Crippen molar-refractivity contribution in [3.8, 4) is 0 Å². The number of carbonyl (C=O) groups is 1. The number of aromatic carboxylic acids is 1. The van der Waals surface area contributed by atoms with E-state index in [4.69, 9.17) is 0 Å². The number of hydrogen-bond donors (Lipinski definition) is 1. The molecule has 1 N–H and O–H groups in total. The molecule has 0 aliphatic rings. The van der Waals surface area contributed by atoms with Crippen molar-refractivity contribution in [2.45, 2.75) is 24.5 Å². The van der Waals surface area contributed by atoms with Crippen LogP contribution in [0.15, 0.2) is 45.8 Å². The molecule has 0 spiro atoms. The van der Waals surface area contributed by atoms with Gasteiger partial charge in [0, 0.05) is 4.47 Å². The van der Waals surface area contributed by atoms with Crippen LogP contribution in [0.5, 0.6) is 0 Å². The standard InChI is InChI=1S/C16H15BrO3S/c1-10-4-3-5-11(2)14(10)9-21(20)15-8-12(17)6-7-13(15)16(18)19/h3-8H,9H2,1-2H3,(H,18,19). The molecule has 5 heteroatoms. The van der Waals surface area contributed by atoms with Crippen molar-refractivity contribution in [3.05, 3.63) is 63.1 Å². The molecule has 3 nitrogen and oxygen atoms in total. The van der Waals surface area contributed by atoms with Gasteiger partial charge in [0.15, 0.2) is 0 Å². The fourth-order valence-corrected chi connectivity index (χ4v) is 4.19. The van der Waals surface area contributed by atoms with Crippen LogP contribution in [-0.4, -0.2) is 15.3 Å². The van der Waals surface area contributed by atoms with E-state index in [2.05, 4.69) is 15.9 Å². The van der Waals surface area contributed by atoms with Crippen molar-refractivity contribution in [2.24, 2.45) is 0 Å². The van der Waals surface area contributed by atoms with Crippen molar-refractivity contribution >= 4 is 32.7 Å². The molecule has 0 radical (unpaired) electrons. The zero-order valence-electron chi connectivity index (χ0n) is 11.7. The Morgan fingerprint density at radius 1 is 1.19 bits per heavy atom. The SMILES string of the molecule is Cc1cccc(C)c1CS(=O)c1cc(Br)ccc1C(=O)O. The first-order valence-corrected chi connectivity index (χ1v) is 8.47. The summed E-state index contributed by atoms with van der Waals surface area (Å²) in [7, 11) is -1.41. The Kier molecular flexibility index (Phi) is 4.96. The first kappa shape index (κ1) is 15.9. The minimum Gasteiger partial charge on any atom is -0.478 e. The molecule has 2 rings (SSSR count). The average Bonchev–Trinajstić information content (AvgIpc) is 2.42. The highest BCUT2D eigenvalue weighted by atomic mass is 79.9. The van der Waals surface area contributed by atoms with E-state index in [-0.39, 0.29) is 5.56 Å². The Morgan fingerprint density at radius 2 is 1.81 bits per heavy atom. The molecule has 0 heterocycles. The smallest absolute Gasteiger partial charge is 0.336 e. The van der Waals surface area contributed by atoms with Crippen molar-refractivity contribution < 1.29 is 14.1 Å². The summed E-state index contributed by atoms with van der Waals surface area (Å²) in [6, 6.07) is 10.6. The van der Waals surface area contributed by atoms with Gasteiger partial charge in [-0.3, -0.25) is 4.21 Å². The Hall–Kier alpha value is -1.46. The van der Waals surface area contributed by atoms with Crippen molar-refractivity contribution in [3.63, 3.8) is 0 Å². The minimum absolute atomic E-state index is 0.0859. The number of carboxylic acids is 1. The monoisotopic (exact) mass is 366 g/mol. The van der Waals surface area contributed by atoms with Crippen LogP contribution in [0.25, 0.3) is 0 Å². The lowest BCUT2D eigenvalue weighted by molar-refractivity contribution is 0.0693. The first-order valence-electron chi connectivity index (χ1n) is 6.36. The zero-order valence-corrected chi connectivity index (χ0v) is 14.1. The fourth-order valence-electron chi connectivity index (χ4n) is 2.15. The van der Waals surface area contributed by atoms with Gasteiger partial charge in [0.2, 0.25) is 0 Å². The summed E-state index contributed by atoms with van der Waals surface area (Å²) in [5, 5.41) is 9.23. The Bertz CT molecular complexity index is 705. The van der Waals surface area contributed by atoms with Gasteiger partial charge in [0.05, 0.1) is 27.0 Å². The average molecular weight is 367 g/mol. The van der Waals surface area contributed by atoms with Crippen LogP contribution >= 0.6 is 15.9 Å². The summed E-state index contributed by atoms with van der Waals surface area (Å²) in [5.41, 5.74) is 3.22. The highest BCUT2D eigenvalue weighted by molar-refractivity contribution is 9.10. The maximum Gasteiger partial charge on any atom is 0.336 e. The van der Waals surface area contributed by atoms with Gasteiger partial charge >= 0.3 is 5.97 Å². The van der Waals surface area contributed by atoms with Gasteiger partial charge in [-0.15, -0.1) is 0 Å². The zero-order chi connectivity index (χ0) is 15.6. The normalized spacial score (nSPS) is 12.1. The number of benzene rings is 2. The lowest BCUT2D eigenvalue weighted by Gasteiger charge is -2.11. The third-order valence-corrected chi connectivity index (χ3v) is 5.21. The fraction of sp³-hybridized carbons (Fsp3) is 0.188. The quantitative estimate of drug-likeness (QED) is 0.886. The van der Waals surface area contributed by atoms with Gasteiger partial charge in [-0.05, 0) is 48.7 Å². The maximum atomic E-state index is 12.6. The number of rotatable bonds is 4. The molecule has 0 saturated carbocycles. The molecule has 0 aliphatic heterocycles. The summed E-state index contributed by atoms with van der Waals surface area (Å²) >= 11 is 3.30. The van der Waals surface area contributed by atoms with Gasteiger partial charge in [0.1, 0.15) is 0 Å². The van der Waals surface area contributed by atoms with E-state index in [1.807, 2.05) is 32.0 Å². The van der Waals surface area contributed by atoms with Crippen molar-refractivity contribution in [1.82, 2.24) is 0 Å². The predicted octanol–water partition coefficient (Wildman–Crippen LogP) is 4.07. The van der Waals surface area contributed by atoms with Gasteiger partial charge in [-0.1, -0.05) is 34.1 Å². The Morgan fingerprint density at radius 3 is 2.38 bits per heavy atom. The molecule has 21 heavy (non-hydrogen) atoms. The van der Waals surface area contributed by atoms with E-state index >= 15 is 0 Å². The summed E-state index contributed by atoms with van der Waals surface area (Å²) in [6.45, 7) is 3.94. The predicted molar refractivity (Wildman–Crippen MR) is 87.1 cm³/mol. The number of halogens is 1. The van der Waals surface area contributed by atoms with Crippen LogP contribution in [0.1, 0.15) is 27.0 Å². The third kappa shape index (κ3) is 3.60. The summed E-state index contributed by atoms with van der Waals surface area (Å²) < 4.78 is 13.3. The van der Waals surface area contributed by atoms with Crippen LogP contribution < -0.4 is 0 Å². The number of carboxylic acid groups (broad SMARTS) is 1. The van der Waals surface area contributed by atoms with E-state index in [0.717, 1.165) is 21.2 Å². The van der Waals surface area contributed by atoms with Crippen LogP contribution in [0, 0.1) is 13.8 Å². The number of aryl methyl sites for hydroxylation is 2. The molecule has 0 saturated heterocycles. The first-order chi connectivity index (χ1) is 9.90. The Balaban J connectivity index is 2.41. The maximum absolute atomic E-state index is 12.6. The highest BCUT2D eigenvalue weighted by Gasteiger charge is 2.17. The molecule has 2 aromatic carbocycles. The molecular formula is C16H15BrO3S.